The van der Waals surface area contributed by atoms with Crippen LogP contribution in [-0.4, -0.2) is 26.2 Å². The fourth-order valence-electron chi connectivity index (χ4n) is 3.39. The minimum absolute atomic E-state index is 0.905. The van der Waals surface area contributed by atoms with E-state index in [1.165, 1.54) is 5.56 Å². The van der Waals surface area contributed by atoms with E-state index in [0.717, 1.165) is 47.7 Å². The van der Waals surface area contributed by atoms with E-state index in [2.05, 4.69) is 59.7 Å². The Hall–Kier alpha value is -3.08. The van der Waals surface area contributed by atoms with Crippen LogP contribution in [-0.2, 0) is 6.42 Å². The van der Waals surface area contributed by atoms with Crippen LogP contribution < -0.4 is 5.32 Å². The predicted octanol–water partition coefficient (Wildman–Crippen LogP) is 4.55. The Kier molecular flexibility index (Phi) is 4.44. The van der Waals surface area contributed by atoms with Gasteiger partial charge >= 0.3 is 0 Å². The van der Waals surface area contributed by atoms with Gasteiger partial charge in [0.25, 0.3) is 0 Å². The molecule has 0 bridgehead atoms. The molecule has 0 saturated carbocycles. The number of imidazole rings is 1. The van der Waals surface area contributed by atoms with Crippen LogP contribution in [0.4, 0.5) is 5.82 Å². The molecule has 3 aromatic heterocycles. The van der Waals surface area contributed by atoms with Gasteiger partial charge in [-0.05, 0) is 37.5 Å². The van der Waals surface area contributed by atoms with Crippen LogP contribution >= 0.6 is 0 Å². The number of pyridine rings is 1. The average Bonchev–Trinajstić information content (AvgIpc) is 3.24. The second kappa shape index (κ2) is 7.04. The highest BCUT2D eigenvalue weighted by molar-refractivity contribution is 5.75. The average molecular weight is 345 g/mol. The van der Waals surface area contributed by atoms with Gasteiger partial charge in [-0.25, -0.2) is 9.67 Å². The Balaban J connectivity index is 1.87. The number of nitrogens with one attached hydrogen (secondary N) is 1. The molecule has 3 aromatic rings. The van der Waals surface area contributed by atoms with E-state index in [1.807, 2.05) is 34.7 Å². The second-order valence-corrected chi connectivity index (χ2v) is 6.27. The lowest BCUT2D eigenvalue weighted by atomic mass is 10.1. The summed E-state index contributed by atoms with van der Waals surface area (Å²) in [6.07, 6.45) is 19.5. The third-order valence-corrected chi connectivity index (χ3v) is 4.68. The van der Waals surface area contributed by atoms with E-state index >= 15 is 0 Å². The monoisotopic (exact) mass is 345 g/mol. The first-order valence-corrected chi connectivity index (χ1v) is 9.06. The maximum atomic E-state index is 4.98. The van der Waals surface area contributed by atoms with Crippen LogP contribution in [0.25, 0.3) is 22.6 Å². The first-order chi connectivity index (χ1) is 12.8. The number of nitrogens with zero attached hydrogens (tertiary/aromatic N) is 4. The Bertz CT molecular complexity index is 1020. The van der Waals surface area contributed by atoms with Gasteiger partial charge in [-0.15, -0.1) is 0 Å². The Morgan fingerprint density at radius 3 is 2.88 bits per heavy atom. The quantitative estimate of drug-likeness (QED) is 0.706. The number of anilines is 1. The second-order valence-electron chi connectivity index (χ2n) is 6.27. The van der Waals surface area contributed by atoms with Crippen molar-refractivity contribution in [3.05, 3.63) is 66.7 Å². The number of aromatic nitrogens is 4. The van der Waals surface area contributed by atoms with Crippen molar-refractivity contribution in [2.75, 3.05) is 12.4 Å². The standard InChI is InChI=1S/C21H23N5/c1-3-18-20(16-11-13-25-14-12-23-19(25)15-16)24-26(21(18)22-2)17-9-7-5-4-6-8-10-17/h4-5,8-15,22H,3,6-7H2,1-2H3. The molecule has 0 radical (unpaired) electrons. The molecule has 1 aliphatic rings. The van der Waals surface area contributed by atoms with Gasteiger partial charge in [0.15, 0.2) is 0 Å². The first-order valence-electron chi connectivity index (χ1n) is 9.06. The summed E-state index contributed by atoms with van der Waals surface area (Å²) in [4.78, 5) is 4.41. The molecule has 0 atom stereocenters. The molecule has 0 fully saturated rings. The zero-order valence-electron chi connectivity index (χ0n) is 15.2. The maximum Gasteiger partial charge on any atom is 0.137 e. The number of allylic oxidation sites excluding steroid dienone is 6. The fraction of sp³-hybridized carbons (Fsp3) is 0.238. The van der Waals surface area contributed by atoms with Crippen molar-refractivity contribution < 1.29 is 0 Å². The van der Waals surface area contributed by atoms with Gasteiger partial charge in [-0.2, -0.15) is 5.10 Å². The Morgan fingerprint density at radius 1 is 1.15 bits per heavy atom. The molecule has 4 rings (SSSR count). The number of hydrogen-bond donors (Lipinski definition) is 1. The summed E-state index contributed by atoms with van der Waals surface area (Å²) in [5.41, 5.74) is 5.34. The number of hydrogen-bond acceptors (Lipinski definition) is 3. The van der Waals surface area contributed by atoms with Gasteiger partial charge in [0.1, 0.15) is 11.5 Å². The van der Waals surface area contributed by atoms with Gasteiger partial charge < -0.3 is 9.72 Å². The molecule has 132 valence electrons. The molecule has 0 amide bonds. The van der Waals surface area contributed by atoms with E-state index in [-0.39, 0.29) is 0 Å². The Morgan fingerprint density at radius 2 is 2.04 bits per heavy atom. The maximum absolute atomic E-state index is 4.98. The van der Waals surface area contributed by atoms with Gasteiger partial charge in [0, 0.05) is 36.8 Å². The molecule has 1 aliphatic carbocycles. The molecule has 1 N–H and O–H groups in total. The van der Waals surface area contributed by atoms with E-state index in [0.29, 0.717) is 0 Å². The van der Waals surface area contributed by atoms with Crippen LogP contribution in [0, 0.1) is 0 Å². The summed E-state index contributed by atoms with van der Waals surface area (Å²) in [5, 5.41) is 8.34. The highest BCUT2D eigenvalue weighted by atomic mass is 15.3. The lowest BCUT2D eigenvalue weighted by molar-refractivity contribution is 0.912. The van der Waals surface area contributed by atoms with Crippen molar-refractivity contribution in [3.8, 4) is 11.3 Å². The summed E-state index contributed by atoms with van der Waals surface area (Å²) >= 11 is 0. The third kappa shape index (κ3) is 2.86. The lowest BCUT2D eigenvalue weighted by Crippen LogP contribution is -2.04. The molecular formula is C21H23N5. The van der Waals surface area contributed by atoms with Crippen molar-refractivity contribution in [1.82, 2.24) is 19.2 Å². The van der Waals surface area contributed by atoms with Crippen LogP contribution in [0.2, 0.25) is 0 Å². The minimum atomic E-state index is 0.905. The van der Waals surface area contributed by atoms with E-state index in [9.17, 15) is 0 Å². The van der Waals surface area contributed by atoms with Crippen molar-refractivity contribution in [1.29, 1.82) is 0 Å². The zero-order valence-corrected chi connectivity index (χ0v) is 15.2. The largest absolute Gasteiger partial charge is 0.373 e. The molecule has 0 unspecified atom stereocenters. The van der Waals surface area contributed by atoms with E-state index in [1.54, 1.807) is 0 Å². The van der Waals surface area contributed by atoms with Crippen LogP contribution in [0.5, 0.6) is 0 Å². The minimum Gasteiger partial charge on any atom is -0.373 e. The summed E-state index contributed by atoms with van der Waals surface area (Å²) in [5.74, 6) is 1.05. The smallest absolute Gasteiger partial charge is 0.137 e. The summed E-state index contributed by atoms with van der Waals surface area (Å²) in [7, 11) is 1.96. The molecule has 3 heterocycles. The Labute approximate surface area is 153 Å². The molecule has 0 aliphatic heterocycles. The SMILES string of the molecule is CCc1c(-c2ccn3ccnc3c2)nn(C2=CCC=CCC=C2)c1NC. The van der Waals surface area contributed by atoms with Gasteiger partial charge in [-0.1, -0.05) is 31.2 Å². The summed E-state index contributed by atoms with van der Waals surface area (Å²) < 4.78 is 4.04. The molecule has 5 heteroatoms. The highest BCUT2D eigenvalue weighted by Gasteiger charge is 2.19. The van der Waals surface area contributed by atoms with Crippen molar-refractivity contribution in [2.24, 2.45) is 0 Å². The van der Waals surface area contributed by atoms with Crippen LogP contribution in [0.15, 0.2) is 61.1 Å². The van der Waals surface area contributed by atoms with Crippen LogP contribution in [0.3, 0.4) is 0 Å². The normalized spacial score (nSPS) is 14.3. The van der Waals surface area contributed by atoms with Gasteiger partial charge in [-0.3, -0.25) is 0 Å². The van der Waals surface area contributed by atoms with E-state index in [4.69, 9.17) is 5.10 Å². The molecule has 0 spiro atoms. The lowest BCUT2D eigenvalue weighted by Gasteiger charge is -2.10. The predicted molar refractivity (Wildman–Crippen MR) is 107 cm³/mol. The summed E-state index contributed by atoms with van der Waals surface area (Å²) in [6.45, 7) is 2.17. The number of fused-ring (bicyclic) bond motifs is 1. The van der Waals surface area contributed by atoms with Crippen molar-refractivity contribution >= 4 is 17.2 Å². The van der Waals surface area contributed by atoms with Crippen molar-refractivity contribution in [3.63, 3.8) is 0 Å². The van der Waals surface area contributed by atoms with Crippen LogP contribution in [0.1, 0.15) is 25.3 Å². The van der Waals surface area contributed by atoms with Gasteiger partial charge in [0.05, 0.1) is 11.4 Å². The third-order valence-electron chi connectivity index (χ3n) is 4.68. The summed E-state index contributed by atoms with van der Waals surface area (Å²) in [6, 6.07) is 4.20. The van der Waals surface area contributed by atoms with Gasteiger partial charge in [0.2, 0.25) is 0 Å². The molecule has 0 aromatic carbocycles. The highest BCUT2D eigenvalue weighted by Crippen LogP contribution is 2.32. The zero-order chi connectivity index (χ0) is 17.9. The first kappa shape index (κ1) is 16.4. The topological polar surface area (TPSA) is 47.2 Å². The molecule has 0 saturated heterocycles. The molecule has 26 heavy (non-hydrogen) atoms. The molecular weight excluding hydrogens is 322 g/mol. The number of rotatable bonds is 4. The fourth-order valence-corrected chi connectivity index (χ4v) is 3.39. The molecule has 5 nitrogen and oxygen atoms in total. The van der Waals surface area contributed by atoms with Crippen molar-refractivity contribution in [2.45, 2.75) is 26.2 Å². The van der Waals surface area contributed by atoms with E-state index < -0.39 is 0 Å².